The second-order valence-corrected chi connectivity index (χ2v) is 3.71. The second-order valence-electron chi connectivity index (χ2n) is 3.71. The summed E-state index contributed by atoms with van der Waals surface area (Å²) in [6.07, 6.45) is 2.15. The highest BCUT2D eigenvalue weighted by Gasteiger charge is 2.26. The van der Waals surface area contributed by atoms with Crippen LogP contribution >= 0.6 is 0 Å². The van der Waals surface area contributed by atoms with E-state index in [4.69, 9.17) is 23.4 Å². The lowest BCUT2D eigenvalue weighted by molar-refractivity contribution is -0.228. The lowest BCUT2D eigenvalue weighted by atomic mass is 10.3. The minimum absolute atomic E-state index is 0.114. The van der Waals surface area contributed by atoms with E-state index in [-0.39, 0.29) is 6.10 Å². The van der Waals surface area contributed by atoms with Crippen LogP contribution in [0.1, 0.15) is 17.8 Å². The van der Waals surface area contributed by atoms with Crippen LogP contribution < -0.4 is 0 Å². The summed E-state index contributed by atoms with van der Waals surface area (Å²) in [4.78, 5) is 0. The summed E-state index contributed by atoms with van der Waals surface area (Å²) in [7, 11) is 0. The van der Waals surface area contributed by atoms with Crippen LogP contribution in [0.4, 0.5) is 0 Å². The molecule has 1 aromatic heterocycles. The SMILES string of the molecule is C=COCc1ccc(C2OCC(OC=C)CO2)o1. The summed E-state index contributed by atoms with van der Waals surface area (Å²) < 4.78 is 26.7. The number of ether oxygens (including phenoxy) is 4. The van der Waals surface area contributed by atoms with Crippen molar-refractivity contribution in [2.24, 2.45) is 0 Å². The molecular weight excluding hydrogens is 236 g/mol. The molecule has 0 N–H and O–H groups in total. The molecular formula is C13H16O5. The maximum atomic E-state index is 5.54. The van der Waals surface area contributed by atoms with Crippen molar-refractivity contribution in [3.05, 3.63) is 49.3 Å². The van der Waals surface area contributed by atoms with Crippen LogP contribution in [-0.2, 0) is 25.6 Å². The molecule has 0 spiro atoms. The fraction of sp³-hybridized carbons (Fsp3) is 0.385. The highest BCUT2D eigenvalue weighted by atomic mass is 16.7. The van der Waals surface area contributed by atoms with E-state index in [1.54, 1.807) is 6.07 Å². The van der Waals surface area contributed by atoms with Gasteiger partial charge in [0.15, 0.2) is 5.76 Å². The van der Waals surface area contributed by atoms with Gasteiger partial charge in [0, 0.05) is 0 Å². The molecule has 0 saturated carbocycles. The molecule has 2 heterocycles. The zero-order chi connectivity index (χ0) is 12.8. The molecule has 18 heavy (non-hydrogen) atoms. The molecule has 0 unspecified atom stereocenters. The lowest BCUT2D eigenvalue weighted by Gasteiger charge is -2.27. The van der Waals surface area contributed by atoms with Gasteiger partial charge in [-0.05, 0) is 12.1 Å². The maximum absolute atomic E-state index is 5.54. The van der Waals surface area contributed by atoms with Crippen molar-refractivity contribution in [1.82, 2.24) is 0 Å². The second kappa shape index (κ2) is 6.28. The van der Waals surface area contributed by atoms with Crippen molar-refractivity contribution in [3.63, 3.8) is 0 Å². The fourth-order valence-corrected chi connectivity index (χ4v) is 1.60. The Morgan fingerprint density at radius 3 is 2.67 bits per heavy atom. The minimum atomic E-state index is -0.493. The first-order valence-corrected chi connectivity index (χ1v) is 5.64. The van der Waals surface area contributed by atoms with Gasteiger partial charge in [0.2, 0.25) is 6.29 Å². The monoisotopic (exact) mass is 252 g/mol. The van der Waals surface area contributed by atoms with E-state index in [0.717, 1.165) is 0 Å². The standard InChI is InChI=1S/C13H16O5/c1-3-14-7-10-5-6-12(18-10)13-16-8-11(9-17-13)15-4-2/h3-6,11,13H,1-2,7-9H2. The third-order valence-corrected chi connectivity index (χ3v) is 2.41. The molecule has 5 nitrogen and oxygen atoms in total. The van der Waals surface area contributed by atoms with Crippen molar-refractivity contribution in [2.75, 3.05) is 13.2 Å². The number of rotatable bonds is 6. The molecule has 0 aliphatic carbocycles. The van der Waals surface area contributed by atoms with Gasteiger partial charge in [-0.3, -0.25) is 0 Å². The largest absolute Gasteiger partial charge is 0.494 e. The van der Waals surface area contributed by atoms with E-state index in [1.165, 1.54) is 12.5 Å². The predicted octanol–water partition coefficient (Wildman–Crippen LogP) is 2.51. The van der Waals surface area contributed by atoms with E-state index in [9.17, 15) is 0 Å². The van der Waals surface area contributed by atoms with E-state index >= 15 is 0 Å². The first-order chi connectivity index (χ1) is 8.83. The van der Waals surface area contributed by atoms with Crippen LogP contribution in [0.25, 0.3) is 0 Å². The van der Waals surface area contributed by atoms with E-state index in [2.05, 4.69) is 13.2 Å². The van der Waals surface area contributed by atoms with Gasteiger partial charge in [0.25, 0.3) is 0 Å². The summed E-state index contributed by atoms with van der Waals surface area (Å²) in [5, 5.41) is 0. The Morgan fingerprint density at radius 2 is 2.00 bits per heavy atom. The number of hydrogen-bond acceptors (Lipinski definition) is 5. The lowest BCUT2D eigenvalue weighted by Crippen LogP contribution is -2.32. The Balaban J connectivity index is 1.87. The number of hydrogen-bond donors (Lipinski definition) is 0. The van der Waals surface area contributed by atoms with Crippen LogP contribution in [-0.4, -0.2) is 19.3 Å². The minimum Gasteiger partial charge on any atom is -0.494 e. The summed E-state index contributed by atoms with van der Waals surface area (Å²) >= 11 is 0. The predicted molar refractivity (Wildman–Crippen MR) is 63.4 cm³/mol. The highest BCUT2D eigenvalue weighted by Crippen LogP contribution is 2.25. The Kier molecular flexibility index (Phi) is 4.44. The average molecular weight is 252 g/mol. The quantitative estimate of drug-likeness (QED) is 0.728. The molecule has 0 radical (unpaired) electrons. The average Bonchev–Trinajstić information content (AvgIpc) is 2.86. The van der Waals surface area contributed by atoms with Gasteiger partial charge < -0.3 is 23.4 Å². The van der Waals surface area contributed by atoms with Crippen LogP contribution in [0.5, 0.6) is 0 Å². The molecule has 98 valence electrons. The van der Waals surface area contributed by atoms with E-state index in [1.807, 2.05) is 6.07 Å². The Labute approximate surface area is 106 Å². The molecule has 1 aliphatic rings. The summed E-state index contributed by atoms with van der Waals surface area (Å²) in [6.45, 7) is 8.18. The molecule has 0 bridgehead atoms. The van der Waals surface area contributed by atoms with Gasteiger partial charge in [-0.15, -0.1) is 0 Å². The number of furan rings is 1. The zero-order valence-corrected chi connectivity index (χ0v) is 10.0. The topological polar surface area (TPSA) is 50.1 Å². The maximum Gasteiger partial charge on any atom is 0.217 e. The van der Waals surface area contributed by atoms with Crippen molar-refractivity contribution < 1.29 is 23.4 Å². The third-order valence-electron chi connectivity index (χ3n) is 2.41. The summed E-state index contributed by atoms with van der Waals surface area (Å²) in [5.41, 5.74) is 0. The smallest absolute Gasteiger partial charge is 0.217 e. The Morgan fingerprint density at radius 1 is 1.22 bits per heavy atom. The molecule has 5 heteroatoms. The van der Waals surface area contributed by atoms with Crippen LogP contribution in [0, 0.1) is 0 Å². The van der Waals surface area contributed by atoms with Crippen LogP contribution in [0.15, 0.2) is 42.2 Å². The van der Waals surface area contributed by atoms with Gasteiger partial charge in [-0.2, -0.15) is 0 Å². The van der Waals surface area contributed by atoms with Crippen LogP contribution in [0.2, 0.25) is 0 Å². The molecule has 0 atom stereocenters. The van der Waals surface area contributed by atoms with Gasteiger partial charge in [0.1, 0.15) is 18.5 Å². The Hall–Kier alpha value is -1.72. The Bertz CT molecular complexity index is 390. The molecule has 2 rings (SSSR count). The molecule has 1 saturated heterocycles. The fourth-order valence-electron chi connectivity index (χ4n) is 1.60. The van der Waals surface area contributed by atoms with E-state index < -0.39 is 6.29 Å². The zero-order valence-electron chi connectivity index (χ0n) is 10.0. The molecule has 1 aromatic rings. The van der Waals surface area contributed by atoms with Gasteiger partial charge in [-0.25, -0.2) is 0 Å². The van der Waals surface area contributed by atoms with Crippen molar-refractivity contribution >= 4 is 0 Å². The summed E-state index contributed by atoms with van der Waals surface area (Å²) in [6, 6.07) is 3.62. The first-order valence-electron chi connectivity index (χ1n) is 5.64. The van der Waals surface area contributed by atoms with Crippen LogP contribution in [0.3, 0.4) is 0 Å². The van der Waals surface area contributed by atoms with Crippen molar-refractivity contribution in [3.8, 4) is 0 Å². The normalized spacial score (nSPS) is 23.3. The van der Waals surface area contributed by atoms with Crippen molar-refractivity contribution in [2.45, 2.75) is 19.0 Å². The van der Waals surface area contributed by atoms with Gasteiger partial charge in [-0.1, -0.05) is 13.2 Å². The molecule has 0 aromatic carbocycles. The molecule has 0 amide bonds. The molecule has 1 aliphatic heterocycles. The highest BCUT2D eigenvalue weighted by molar-refractivity contribution is 5.08. The van der Waals surface area contributed by atoms with Gasteiger partial charge >= 0.3 is 0 Å². The molecule has 1 fully saturated rings. The van der Waals surface area contributed by atoms with Gasteiger partial charge in [0.05, 0.1) is 25.7 Å². The third kappa shape index (κ3) is 3.15. The summed E-state index contributed by atoms with van der Waals surface area (Å²) in [5.74, 6) is 1.32. The van der Waals surface area contributed by atoms with E-state index in [0.29, 0.717) is 31.3 Å². The first kappa shape index (κ1) is 12.7. The van der Waals surface area contributed by atoms with Crippen molar-refractivity contribution in [1.29, 1.82) is 0 Å².